The zero-order valence-corrected chi connectivity index (χ0v) is 29.4. The predicted molar refractivity (Wildman–Crippen MR) is 197 cm³/mol. The third-order valence-electron chi connectivity index (χ3n) is 7.01. The second-order valence-corrected chi connectivity index (χ2v) is 12.8. The number of aryl methyl sites for hydroxylation is 8. The fourth-order valence-corrected chi connectivity index (χ4v) is 3.78. The number of hydrogen-bond acceptors (Lipinski definition) is 3. The number of aromatic hydroxyl groups is 2. The summed E-state index contributed by atoms with van der Waals surface area (Å²) in [6.45, 7) is 23.3. The minimum Gasteiger partial charge on any atom is -0.504 e. The molecule has 0 saturated carbocycles. The van der Waals surface area contributed by atoms with Gasteiger partial charge in [0.1, 0.15) is 0 Å². The lowest BCUT2D eigenvalue weighted by atomic mass is 9.87. The molecule has 0 amide bonds. The van der Waals surface area contributed by atoms with Crippen molar-refractivity contribution in [3.05, 3.63) is 159 Å². The molecule has 0 atom stereocenters. The van der Waals surface area contributed by atoms with Crippen LogP contribution in [0.4, 0.5) is 5.69 Å². The fraction of sp³-hybridized carbons (Fsp3) is 0.286. The summed E-state index contributed by atoms with van der Waals surface area (Å²) in [6.07, 6.45) is 0. The van der Waals surface area contributed by atoms with E-state index in [9.17, 15) is 0 Å². The number of rotatable bonds is 0. The number of phenolic OH excluding ortho intramolecular Hbond substituents is 2. The summed E-state index contributed by atoms with van der Waals surface area (Å²) in [5.74, 6) is -0.129. The predicted octanol–water partition coefficient (Wildman–Crippen LogP) is 11.2. The van der Waals surface area contributed by atoms with Crippen molar-refractivity contribution in [3.8, 4) is 11.5 Å². The molecular formula is C42H55NO2. The van der Waals surface area contributed by atoms with Gasteiger partial charge < -0.3 is 15.9 Å². The van der Waals surface area contributed by atoms with Crippen molar-refractivity contribution in [1.82, 2.24) is 0 Å². The molecule has 0 saturated heterocycles. The molecule has 0 fully saturated rings. The number of phenols is 2. The highest BCUT2D eigenvalue weighted by atomic mass is 16.3. The van der Waals surface area contributed by atoms with E-state index in [4.69, 9.17) is 15.9 Å². The van der Waals surface area contributed by atoms with Crippen LogP contribution in [-0.4, -0.2) is 10.2 Å². The first-order valence-corrected chi connectivity index (χ1v) is 15.4. The molecule has 0 aromatic heterocycles. The molecule has 0 radical (unpaired) electrons. The molecule has 4 N–H and O–H groups in total. The highest BCUT2D eigenvalue weighted by molar-refractivity contribution is 5.40. The Bertz CT molecular complexity index is 1410. The van der Waals surface area contributed by atoms with Gasteiger partial charge in [-0.25, -0.2) is 0 Å². The molecule has 45 heavy (non-hydrogen) atoms. The normalized spacial score (nSPS) is 9.93. The molecular weight excluding hydrogens is 550 g/mol. The first-order chi connectivity index (χ1) is 21.0. The van der Waals surface area contributed by atoms with E-state index < -0.39 is 0 Å². The van der Waals surface area contributed by atoms with E-state index in [0.717, 1.165) is 11.3 Å². The Labute approximate surface area is 273 Å². The van der Waals surface area contributed by atoms with Crippen molar-refractivity contribution in [1.29, 1.82) is 0 Å². The third-order valence-corrected chi connectivity index (χ3v) is 7.01. The summed E-state index contributed by atoms with van der Waals surface area (Å²) in [5.41, 5.74) is 18.2. The van der Waals surface area contributed by atoms with E-state index in [1.807, 2.05) is 38.1 Å². The monoisotopic (exact) mass is 605 g/mol. The van der Waals surface area contributed by atoms with Crippen LogP contribution in [0.3, 0.4) is 0 Å². The van der Waals surface area contributed by atoms with Crippen molar-refractivity contribution in [3.63, 3.8) is 0 Å². The molecule has 0 heterocycles. The van der Waals surface area contributed by atoms with Gasteiger partial charge in [-0.2, -0.15) is 0 Å². The van der Waals surface area contributed by atoms with E-state index in [2.05, 4.69) is 129 Å². The number of nitrogens with two attached hydrogens (primary N) is 1. The first-order valence-electron chi connectivity index (χ1n) is 15.4. The fourth-order valence-electron chi connectivity index (χ4n) is 3.78. The largest absolute Gasteiger partial charge is 0.504 e. The lowest BCUT2D eigenvalue weighted by Gasteiger charge is -2.18. The van der Waals surface area contributed by atoms with Gasteiger partial charge in [0, 0.05) is 5.69 Å². The summed E-state index contributed by atoms with van der Waals surface area (Å²) >= 11 is 0. The molecule has 0 unspecified atom stereocenters. The summed E-state index contributed by atoms with van der Waals surface area (Å²) in [6, 6.07) is 36.2. The van der Waals surface area contributed by atoms with Gasteiger partial charge in [-0.15, -0.1) is 0 Å². The van der Waals surface area contributed by atoms with Crippen LogP contribution < -0.4 is 5.73 Å². The molecule has 240 valence electrons. The van der Waals surface area contributed by atoms with Crippen molar-refractivity contribution in [2.24, 2.45) is 0 Å². The lowest BCUT2D eigenvalue weighted by molar-refractivity contribution is 0.403. The van der Waals surface area contributed by atoms with Crippen LogP contribution in [0.15, 0.2) is 109 Å². The van der Waals surface area contributed by atoms with Gasteiger partial charge in [0.05, 0.1) is 0 Å². The molecule has 0 aliphatic heterocycles. The molecule has 5 aromatic carbocycles. The van der Waals surface area contributed by atoms with Gasteiger partial charge in [0.25, 0.3) is 0 Å². The molecule has 3 heteroatoms. The molecule has 0 spiro atoms. The lowest BCUT2D eigenvalue weighted by Crippen LogP contribution is -2.10. The minimum absolute atomic E-state index is 0.0602. The number of anilines is 1. The van der Waals surface area contributed by atoms with E-state index in [1.54, 1.807) is 6.07 Å². The van der Waals surface area contributed by atoms with Crippen LogP contribution in [0.5, 0.6) is 11.5 Å². The third kappa shape index (κ3) is 16.8. The quantitative estimate of drug-likeness (QED) is 0.121. The van der Waals surface area contributed by atoms with Crippen LogP contribution >= 0.6 is 0 Å². The van der Waals surface area contributed by atoms with Crippen LogP contribution in [0, 0.1) is 55.4 Å². The maximum Gasteiger partial charge on any atom is 0.157 e. The molecule has 3 nitrogen and oxygen atoms in total. The second-order valence-electron chi connectivity index (χ2n) is 12.8. The van der Waals surface area contributed by atoms with Crippen LogP contribution in [0.2, 0.25) is 0 Å². The van der Waals surface area contributed by atoms with Gasteiger partial charge in [0.2, 0.25) is 0 Å². The van der Waals surface area contributed by atoms with Crippen molar-refractivity contribution in [2.75, 3.05) is 5.73 Å². The van der Waals surface area contributed by atoms with Crippen LogP contribution in [-0.2, 0) is 5.41 Å². The van der Waals surface area contributed by atoms with Gasteiger partial charge >= 0.3 is 0 Å². The molecule has 0 bridgehead atoms. The summed E-state index contributed by atoms with van der Waals surface area (Å²) < 4.78 is 0. The van der Waals surface area contributed by atoms with Gasteiger partial charge in [-0.1, -0.05) is 134 Å². The average molecular weight is 606 g/mol. The zero-order valence-electron chi connectivity index (χ0n) is 29.4. The van der Waals surface area contributed by atoms with Crippen LogP contribution in [0.1, 0.15) is 70.8 Å². The number of benzene rings is 5. The zero-order chi connectivity index (χ0) is 34.2. The molecule has 5 rings (SSSR count). The Kier molecular flexibility index (Phi) is 16.3. The highest BCUT2D eigenvalue weighted by Gasteiger charge is 2.11. The van der Waals surface area contributed by atoms with Crippen LogP contribution in [0.25, 0.3) is 0 Å². The van der Waals surface area contributed by atoms with Gasteiger partial charge in [-0.3, -0.25) is 0 Å². The Hall–Kier alpha value is -4.50. The Morgan fingerprint density at radius 3 is 1.09 bits per heavy atom. The summed E-state index contributed by atoms with van der Waals surface area (Å²) in [7, 11) is 0. The standard InChI is InChI=1S/C11H16.C9H12.C8H10.C7H9N.C7H8O2/c1-9-5-7-10(8-6-9)11(2,3)4;1-7-4-5-8(2)9(3)6-7;1-7-3-5-8(2)6-4-7;1-6-2-4-7(8)5-3-6;1-5-2-3-6(8)7(9)4-5/h5-8H,1-4H3;4-6H,1-3H3;3-6H,1-2H3;2-5H,8H2,1H3;2-4,8-9H,1H3. The van der Waals surface area contributed by atoms with Gasteiger partial charge in [0.15, 0.2) is 11.5 Å². The summed E-state index contributed by atoms with van der Waals surface area (Å²) in [4.78, 5) is 0. The molecule has 0 aliphatic carbocycles. The Balaban J connectivity index is 0.000000283. The summed E-state index contributed by atoms with van der Waals surface area (Å²) in [5, 5.41) is 17.6. The maximum atomic E-state index is 8.85. The Morgan fingerprint density at radius 1 is 0.400 bits per heavy atom. The topological polar surface area (TPSA) is 66.5 Å². The molecule has 5 aromatic rings. The van der Waals surface area contributed by atoms with E-state index in [1.165, 1.54) is 56.6 Å². The molecule has 0 aliphatic rings. The van der Waals surface area contributed by atoms with Crippen molar-refractivity contribution < 1.29 is 10.2 Å². The second kappa shape index (κ2) is 19.0. The van der Waals surface area contributed by atoms with Crippen molar-refractivity contribution in [2.45, 2.75) is 81.6 Å². The number of hydrogen-bond donors (Lipinski definition) is 3. The van der Waals surface area contributed by atoms with Gasteiger partial charge in [-0.05, 0) is 107 Å². The van der Waals surface area contributed by atoms with E-state index in [0.29, 0.717) is 0 Å². The SMILES string of the molecule is Cc1ccc(C(C)(C)C)cc1.Cc1ccc(C)c(C)c1.Cc1ccc(C)cc1.Cc1ccc(N)cc1.Cc1ccc(O)c(O)c1. The van der Waals surface area contributed by atoms with Crippen molar-refractivity contribution >= 4 is 5.69 Å². The average Bonchev–Trinajstić information content (AvgIpc) is 2.97. The smallest absolute Gasteiger partial charge is 0.157 e. The van der Waals surface area contributed by atoms with E-state index >= 15 is 0 Å². The number of nitrogen functional groups attached to an aromatic ring is 1. The Morgan fingerprint density at radius 2 is 0.756 bits per heavy atom. The van der Waals surface area contributed by atoms with E-state index in [-0.39, 0.29) is 16.9 Å². The highest BCUT2D eigenvalue weighted by Crippen LogP contribution is 2.24. The minimum atomic E-state index is -0.0689. The maximum absolute atomic E-state index is 8.85. The first kappa shape index (κ1) is 38.5.